The molecule has 4 rings (SSSR count). The highest BCUT2D eigenvalue weighted by Gasteiger charge is 2.28. The minimum atomic E-state index is -0.272. The zero-order chi connectivity index (χ0) is 16.5. The number of aromatic nitrogens is 2. The summed E-state index contributed by atoms with van der Waals surface area (Å²) in [5, 5.41) is 4.18. The lowest BCUT2D eigenvalue weighted by Crippen LogP contribution is -2.51. The second-order valence-electron chi connectivity index (χ2n) is 6.21. The second kappa shape index (κ2) is 6.16. The predicted octanol–water partition coefficient (Wildman–Crippen LogP) is 1.79. The highest BCUT2D eigenvalue weighted by molar-refractivity contribution is 5.98. The summed E-state index contributed by atoms with van der Waals surface area (Å²) in [4.78, 5) is 18.3. The first-order valence-electron chi connectivity index (χ1n) is 7.91. The van der Waals surface area contributed by atoms with Gasteiger partial charge in [0.15, 0.2) is 6.10 Å². The molecular formula is C17H18FN5O. The number of likely N-dealkylation sites (tertiary alicyclic amines) is 1. The zero-order valence-electron chi connectivity index (χ0n) is 13.4. The Balaban J connectivity index is 1.35. The minimum absolute atomic E-state index is 0.216. The number of likely N-dealkylation sites (N-methyl/N-ethyl adjacent to an activating group) is 1. The van der Waals surface area contributed by atoms with E-state index in [4.69, 9.17) is 4.84 Å². The number of hydrogen-bond donors (Lipinski definition) is 0. The molecule has 0 bridgehead atoms. The molecule has 0 N–H and O–H groups in total. The van der Waals surface area contributed by atoms with Crippen LogP contribution in [-0.2, 0) is 4.84 Å². The van der Waals surface area contributed by atoms with Crippen molar-refractivity contribution < 1.29 is 9.23 Å². The predicted molar refractivity (Wildman–Crippen MR) is 89.4 cm³/mol. The van der Waals surface area contributed by atoms with Crippen molar-refractivity contribution in [3.05, 3.63) is 42.5 Å². The summed E-state index contributed by atoms with van der Waals surface area (Å²) >= 11 is 0. The summed E-state index contributed by atoms with van der Waals surface area (Å²) in [6, 6.07) is 6.61. The van der Waals surface area contributed by atoms with Crippen LogP contribution in [0.5, 0.6) is 0 Å². The zero-order valence-corrected chi connectivity index (χ0v) is 13.4. The van der Waals surface area contributed by atoms with Crippen LogP contribution in [0.4, 0.5) is 10.3 Å². The summed E-state index contributed by atoms with van der Waals surface area (Å²) < 4.78 is 13.8. The van der Waals surface area contributed by atoms with E-state index in [1.165, 1.54) is 6.07 Å². The van der Waals surface area contributed by atoms with E-state index < -0.39 is 0 Å². The minimum Gasteiger partial charge on any atom is -0.390 e. The van der Waals surface area contributed by atoms with Crippen LogP contribution >= 0.6 is 0 Å². The lowest BCUT2D eigenvalue weighted by Gasteiger charge is -2.36. The molecule has 7 heteroatoms. The number of benzene rings is 1. The fraction of sp³-hybridized carbons (Fsp3) is 0.353. The van der Waals surface area contributed by atoms with E-state index in [0.717, 1.165) is 18.8 Å². The average molecular weight is 327 g/mol. The quantitative estimate of drug-likeness (QED) is 0.802. The maximum absolute atomic E-state index is 13.8. The summed E-state index contributed by atoms with van der Waals surface area (Å²) in [7, 11) is 2.06. The summed E-state index contributed by atoms with van der Waals surface area (Å²) in [6.45, 7) is 3.20. The molecule has 1 aromatic heterocycles. The monoisotopic (exact) mass is 327 g/mol. The van der Waals surface area contributed by atoms with Gasteiger partial charge >= 0.3 is 0 Å². The fourth-order valence-electron chi connectivity index (χ4n) is 2.77. The van der Waals surface area contributed by atoms with Gasteiger partial charge in [-0.25, -0.2) is 14.4 Å². The summed E-state index contributed by atoms with van der Waals surface area (Å²) in [6.07, 6.45) is 3.51. The third-order valence-corrected chi connectivity index (χ3v) is 4.21. The van der Waals surface area contributed by atoms with Crippen molar-refractivity contribution in [1.82, 2.24) is 14.9 Å². The largest absolute Gasteiger partial charge is 0.390 e. The Hall–Kier alpha value is -2.54. The number of hydrogen-bond acceptors (Lipinski definition) is 6. The van der Waals surface area contributed by atoms with Crippen LogP contribution in [0.15, 0.2) is 41.8 Å². The second-order valence-corrected chi connectivity index (χ2v) is 6.21. The number of anilines is 1. The van der Waals surface area contributed by atoms with Crippen molar-refractivity contribution in [3.8, 4) is 11.1 Å². The molecule has 0 radical (unpaired) electrons. The maximum atomic E-state index is 13.8. The van der Waals surface area contributed by atoms with E-state index in [2.05, 4.69) is 27.1 Å². The first-order valence-corrected chi connectivity index (χ1v) is 7.91. The molecule has 124 valence electrons. The molecule has 2 aliphatic heterocycles. The number of halogens is 1. The van der Waals surface area contributed by atoms with Gasteiger partial charge in [-0.2, -0.15) is 0 Å². The molecule has 6 nitrogen and oxygen atoms in total. The van der Waals surface area contributed by atoms with Gasteiger partial charge in [-0.05, 0) is 13.1 Å². The first kappa shape index (κ1) is 15.0. The van der Waals surface area contributed by atoms with Crippen molar-refractivity contribution in [2.75, 3.05) is 38.1 Å². The van der Waals surface area contributed by atoms with Crippen LogP contribution in [0, 0.1) is 5.82 Å². The molecule has 24 heavy (non-hydrogen) atoms. The molecule has 1 aromatic carbocycles. The van der Waals surface area contributed by atoms with Crippen LogP contribution in [0.2, 0.25) is 0 Å². The SMILES string of the molecule is CN1CC(ON=C2CN(c3ncc(-c4ccccc4F)cn3)C2)C1. The van der Waals surface area contributed by atoms with Gasteiger partial charge < -0.3 is 9.74 Å². The van der Waals surface area contributed by atoms with Gasteiger partial charge in [0.25, 0.3) is 0 Å². The van der Waals surface area contributed by atoms with Gasteiger partial charge in [-0.1, -0.05) is 23.4 Å². The van der Waals surface area contributed by atoms with E-state index >= 15 is 0 Å². The number of oxime groups is 1. The Kier molecular flexibility index (Phi) is 3.86. The topological polar surface area (TPSA) is 53.9 Å². The number of rotatable bonds is 4. The molecule has 0 saturated carbocycles. The van der Waals surface area contributed by atoms with E-state index in [-0.39, 0.29) is 11.9 Å². The lowest BCUT2D eigenvalue weighted by molar-refractivity contribution is -0.0416. The third kappa shape index (κ3) is 2.94. The van der Waals surface area contributed by atoms with E-state index in [1.807, 2.05) is 4.90 Å². The first-order chi connectivity index (χ1) is 11.7. The van der Waals surface area contributed by atoms with Crippen molar-refractivity contribution >= 4 is 11.7 Å². The highest BCUT2D eigenvalue weighted by Crippen LogP contribution is 2.23. The molecule has 0 unspecified atom stereocenters. The summed E-state index contributed by atoms with van der Waals surface area (Å²) in [5.74, 6) is 0.350. The van der Waals surface area contributed by atoms with Crippen LogP contribution in [0.25, 0.3) is 11.1 Å². The van der Waals surface area contributed by atoms with Crippen molar-refractivity contribution in [1.29, 1.82) is 0 Å². The molecule has 2 aromatic rings. The Morgan fingerprint density at radius 1 is 1.17 bits per heavy atom. The molecular weight excluding hydrogens is 309 g/mol. The molecule has 0 aliphatic carbocycles. The molecule has 0 amide bonds. The smallest absolute Gasteiger partial charge is 0.225 e. The van der Waals surface area contributed by atoms with Crippen LogP contribution < -0.4 is 4.90 Å². The van der Waals surface area contributed by atoms with Gasteiger partial charge in [0.1, 0.15) is 5.82 Å². The van der Waals surface area contributed by atoms with E-state index in [0.29, 0.717) is 30.2 Å². The Bertz CT molecular complexity index is 750. The molecule has 3 heterocycles. The molecule has 0 atom stereocenters. The highest BCUT2D eigenvalue weighted by atomic mass is 19.1. The van der Waals surface area contributed by atoms with Crippen molar-refractivity contribution in [2.45, 2.75) is 6.10 Å². The van der Waals surface area contributed by atoms with Gasteiger partial charge in [0.05, 0.1) is 18.8 Å². The van der Waals surface area contributed by atoms with Gasteiger partial charge in [0, 0.05) is 36.6 Å². The Morgan fingerprint density at radius 3 is 2.54 bits per heavy atom. The van der Waals surface area contributed by atoms with E-state index in [9.17, 15) is 4.39 Å². The molecule has 2 fully saturated rings. The maximum Gasteiger partial charge on any atom is 0.225 e. The third-order valence-electron chi connectivity index (χ3n) is 4.21. The van der Waals surface area contributed by atoms with Gasteiger partial charge in [-0.3, -0.25) is 4.90 Å². The Labute approximate surface area is 139 Å². The standard InChI is InChI=1S/C17H18FN5O/c1-22-10-14(11-22)24-21-13-8-23(9-13)17-19-6-12(7-20-17)15-4-2-3-5-16(15)18/h2-7,14H,8-11H2,1H3. The molecule has 2 saturated heterocycles. The van der Waals surface area contributed by atoms with Gasteiger partial charge in [-0.15, -0.1) is 0 Å². The van der Waals surface area contributed by atoms with Gasteiger partial charge in [0.2, 0.25) is 5.95 Å². The Morgan fingerprint density at radius 2 is 1.88 bits per heavy atom. The number of nitrogens with zero attached hydrogens (tertiary/aromatic N) is 5. The van der Waals surface area contributed by atoms with Crippen molar-refractivity contribution in [2.24, 2.45) is 5.16 Å². The molecule has 2 aliphatic rings. The van der Waals surface area contributed by atoms with Crippen LogP contribution in [-0.4, -0.2) is 59.9 Å². The van der Waals surface area contributed by atoms with E-state index in [1.54, 1.807) is 30.6 Å². The van der Waals surface area contributed by atoms with Crippen LogP contribution in [0.3, 0.4) is 0 Å². The average Bonchev–Trinajstić information content (AvgIpc) is 2.52. The summed E-state index contributed by atoms with van der Waals surface area (Å²) in [5.41, 5.74) is 2.17. The fourth-order valence-corrected chi connectivity index (χ4v) is 2.77. The lowest BCUT2D eigenvalue weighted by atomic mass is 10.1. The van der Waals surface area contributed by atoms with Crippen molar-refractivity contribution in [3.63, 3.8) is 0 Å². The van der Waals surface area contributed by atoms with Crippen LogP contribution in [0.1, 0.15) is 0 Å². The normalized spacial score (nSPS) is 18.1. The molecule has 0 spiro atoms.